The molecule has 0 bridgehead atoms. The number of rotatable bonds is 8. The molecule has 0 amide bonds. The summed E-state index contributed by atoms with van der Waals surface area (Å²) in [5.74, 6) is -0.719. The molecule has 0 fully saturated rings. The summed E-state index contributed by atoms with van der Waals surface area (Å²) in [4.78, 5) is 11.3. The van der Waals surface area contributed by atoms with Gasteiger partial charge in [-0.2, -0.15) is 5.10 Å². The van der Waals surface area contributed by atoms with Crippen molar-refractivity contribution in [1.82, 2.24) is 15.1 Å². The highest BCUT2D eigenvalue weighted by atomic mass is 16.4. The molecule has 1 unspecified atom stereocenters. The van der Waals surface area contributed by atoms with Crippen LogP contribution in [0.3, 0.4) is 0 Å². The monoisotopic (exact) mass is 301 g/mol. The zero-order chi connectivity index (χ0) is 15.9. The van der Waals surface area contributed by atoms with Gasteiger partial charge in [-0.3, -0.25) is 4.79 Å². The molecule has 0 spiro atoms. The van der Waals surface area contributed by atoms with Crippen LogP contribution in [0.5, 0.6) is 0 Å². The first-order valence-corrected chi connectivity index (χ1v) is 7.59. The summed E-state index contributed by atoms with van der Waals surface area (Å²) in [6.07, 6.45) is 2.44. The quantitative estimate of drug-likeness (QED) is 0.786. The molecule has 118 valence electrons. The van der Waals surface area contributed by atoms with E-state index in [0.717, 1.165) is 11.4 Å². The van der Waals surface area contributed by atoms with E-state index in [1.54, 1.807) is 6.20 Å². The summed E-state index contributed by atoms with van der Waals surface area (Å²) in [5.41, 5.74) is 2.01. The van der Waals surface area contributed by atoms with Gasteiger partial charge in [0.15, 0.2) is 0 Å². The van der Waals surface area contributed by atoms with Crippen molar-refractivity contribution in [3.8, 4) is 5.69 Å². The van der Waals surface area contributed by atoms with E-state index in [2.05, 4.69) is 10.4 Å². The van der Waals surface area contributed by atoms with Crippen LogP contribution in [-0.4, -0.2) is 27.4 Å². The van der Waals surface area contributed by atoms with Gasteiger partial charge in [0.1, 0.15) is 0 Å². The molecule has 0 radical (unpaired) electrons. The summed E-state index contributed by atoms with van der Waals surface area (Å²) < 4.78 is 1.87. The summed E-state index contributed by atoms with van der Waals surface area (Å²) in [6.45, 7) is 5.14. The van der Waals surface area contributed by atoms with Gasteiger partial charge in [0.25, 0.3) is 0 Å². The summed E-state index contributed by atoms with van der Waals surface area (Å²) in [5, 5.41) is 16.8. The van der Waals surface area contributed by atoms with Gasteiger partial charge in [0, 0.05) is 19.3 Å². The van der Waals surface area contributed by atoms with E-state index in [-0.39, 0.29) is 5.92 Å². The number of benzene rings is 1. The standard InChI is InChI=1S/C17H23N3O2/c1-13(2)10-14(17(21)22)11-18-12-16-8-9-19-20(16)15-6-4-3-5-7-15/h3-9,13-14,18H,10-12H2,1-2H3,(H,21,22). The molecule has 0 saturated heterocycles. The zero-order valence-corrected chi connectivity index (χ0v) is 13.1. The fraction of sp³-hybridized carbons (Fsp3) is 0.412. The molecule has 1 aromatic heterocycles. The van der Waals surface area contributed by atoms with E-state index in [1.807, 2.05) is 54.9 Å². The van der Waals surface area contributed by atoms with Gasteiger partial charge >= 0.3 is 5.97 Å². The first-order valence-electron chi connectivity index (χ1n) is 7.59. The Bertz CT molecular complexity index is 593. The third-order valence-electron chi connectivity index (χ3n) is 3.52. The highest BCUT2D eigenvalue weighted by Gasteiger charge is 2.18. The lowest BCUT2D eigenvalue weighted by atomic mass is 9.97. The van der Waals surface area contributed by atoms with Crippen LogP contribution in [-0.2, 0) is 11.3 Å². The lowest BCUT2D eigenvalue weighted by molar-refractivity contribution is -0.142. The predicted octanol–water partition coefficient (Wildman–Crippen LogP) is 2.71. The largest absolute Gasteiger partial charge is 0.481 e. The second-order valence-electron chi connectivity index (χ2n) is 5.87. The first kappa shape index (κ1) is 16.2. The second-order valence-corrected chi connectivity index (χ2v) is 5.87. The summed E-state index contributed by atoms with van der Waals surface area (Å²) in [6, 6.07) is 11.8. The molecule has 1 heterocycles. The van der Waals surface area contributed by atoms with E-state index in [0.29, 0.717) is 25.4 Å². The van der Waals surface area contributed by atoms with Crippen molar-refractivity contribution in [2.45, 2.75) is 26.8 Å². The van der Waals surface area contributed by atoms with E-state index < -0.39 is 5.97 Å². The third kappa shape index (κ3) is 4.43. The molecular weight excluding hydrogens is 278 g/mol. The SMILES string of the molecule is CC(C)CC(CNCc1ccnn1-c1ccccc1)C(=O)O. The third-order valence-corrected chi connectivity index (χ3v) is 3.52. The Labute approximate surface area is 131 Å². The molecular formula is C17H23N3O2. The highest BCUT2D eigenvalue weighted by Crippen LogP contribution is 2.12. The summed E-state index contributed by atoms with van der Waals surface area (Å²) >= 11 is 0. The second kappa shape index (κ2) is 7.75. The molecule has 22 heavy (non-hydrogen) atoms. The number of hydrogen-bond donors (Lipinski definition) is 2. The Morgan fingerprint density at radius 3 is 2.64 bits per heavy atom. The van der Waals surface area contributed by atoms with Crippen LogP contribution < -0.4 is 5.32 Å². The van der Waals surface area contributed by atoms with E-state index in [9.17, 15) is 9.90 Å². The molecule has 2 N–H and O–H groups in total. The van der Waals surface area contributed by atoms with Crippen LogP contribution in [0.4, 0.5) is 0 Å². The number of carboxylic acid groups (broad SMARTS) is 1. The van der Waals surface area contributed by atoms with Gasteiger partial charge in [-0.25, -0.2) is 4.68 Å². The molecule has 0 aliphatic rings. The first-order chi connectivity index (χ1) is 10.6. The molecule has 1 aromatic carbocycles. The van der Waals surface area contributed by atoms with Gasteiger partial charge < -0.3 is 10.4 Å². The Kier molecular flexibility index (Phi) is 5.72. The van der Waals surface area contributed by atoms with Crippen LogP contribution >= 0.6 is 0 Å². The minimum Gasteiger partial charge on any atom is -0.481 e. The number of aliphatic carboxylic acids is 1. The average molecular weight is 301 g/mol. The molecule has 2 aromatic rings. The van der Waals surface area contributed by atoms with E-state index in [1.165, 1.54) is 0 Å². The number of aromatic nitrogens is 2. The normalized spacial score (nSPS) is 12.5. The number of carbonyl (C=O) groups is 1. The van der Waals surface area contributed by atoms with Crippen LogP contribution in [0.25, 0.3) is 5.69 Å². The van der Waals surface area contributed by atoms with Crippen molar-refractivity contribution in [3.63, 3.8) is 0 Å². The Morgan fingerprint density at radius 2 is 2.00 bits per heavy atom. The Balaban J connectivity index is 1.95. The molecule has 1 atom stereocenters. The van der Waals surface area contributed by atoms with Gasteiger partial charge in [0.05, 0.1) is 17.3 Å². The Hall–Kier alpha value is -2.14. The maximum atomic E-state index is 11.3. The lowest BCUT2D eigenvalue weighted by Gasteiger charge is -2.15. The van der Waals surface area contributed by atoms with Crippen LogP contribution in [0, 0.1) is 11.8 Å². The zero-order valence-electron chi connectivity index (χ0n) is 13.1. The number of nitrogens with zero attached hydrogens (tertiary/aromatic N) is 2. The highest BCUT2D eigenvalue weighted by molar-refractivity contribution is 5.70. The number of carboxylic acids is 1. The molecule has 5 heteroatoms. The van der Waals surface area contributed by atoms with Crippen LogP contribution in [0.15, 0.2) is 42.6 Å². The van der Waals surface area contributed by atoms with Crippen molar-refractivity contribution in [2.75, 3.05) is 6.54 Å². The van der Waals surface area contributed by atoms with Gasteiger partial charge in [-0.05, 0) is 30.5 Å². The van der Waals surface area contributed by atoms with E-state index in [4.69, 9.17) is 0 Å². The average Bonchev–Trinajstić information content (AvgIpc) is 2.95. The van der Waals surface area contributed by atoms with Crippen molar-refractivity contribution in [3.05, 3.63) is 48.3 Å². The maximum Gasteiger partial charge on any atom is 0.307 e. The minimum absolute atomic E-state index is 0.354. The van der Waals surface area contributed by atoms with Crippen molar-refractivity contribution < 1.29 is 9.90 Å². The van der Waals surface area contributed by atoms with Crippen molar-refractivity contribution >= 4 is 5.97 Å². The van der Waals surface area contributed by atoms with Gasteiger partial charge in [-0.15, -0.1) is 0 Å². The number of para-hydroxylation sites is 1. The molecule has 0 aliphatic heterocycles. The smallest absolute Gasteiger partial charge is 0.307 e. The van der Waals surface area contributed by atoms with Gasteiger partial charge in [0.2, 0.25) is 0 Å². The van der Waals surface area contributed by atoms with Gasteiger partial charge in [-0.1, -0.05) is 32.0 Å². The van der Waals surface area contributed by atoms with Crippen LogP contribution in [0.1, 0.15) is 26.0 Å². The molecule has 0 saturated carbocycles. The van der Waals surface area contributed by atoms with Crippen LogP contribution in [0.2, 0.25) is 0 Å². The summed E-state index contributed by atoms with van der Waals surface area (Å²) in [7, 11) is 0. The van der Waals surface area contributed by atoms with Crippen molar-refractivity contribution in [1.29, 1.82) is 0 Å². The fourth-order valence-electron chi connectivity index (χ4n) is 2.48. The topological polar surface area (TPSA) is 67.2 Å². The minimum atomic E-state index is -0.738. The fourth-order valence-corrected chi connectivity index (χ4v) is 2.48. The molecule has 5 nitrogen and oxygen atoms in total. The molecule has 2 rings (SSSR count). The Morgan fingerprint density at radius 1 is 1.27 bits per heavy atom. The van der Waals surface area contributed by atoms with E-state index >= 15 is 0 Å². The number of nitrogens with one attached hydrogen (secondary N) is 1. The molecule has 0 aliphatic carbocycles. The maximum absolute atomic E-state index is 11.3. The predicted molar refractivity (Wildman–Crippen MR) is 85.9 cm³/mol. The number of hydrogen-bond acceptors (Lipinski definition) is 3. The lowest BCUT2D eigenvalue weighted by Crippen LogP contribution is -2.29. The van der Waals surface area contributed by atoms with Crippen molar-refractivity contribution in [2.24, 2.45) is 11.8 Å².